The van der Waals surface area contributed by atoms with Crippen LogP contribution in [0.1, 0.15) is 12.1 Å². The summed E-state index contributed by atoms with van der Waals surface area (Å²) >= 11 is 0. The lowest BCUT2D eigenvalue weighted by Crippen LogP contribution is -2.15. The molecule has 86 valence electrons. The zero-order valence-electron chi connectivity index (χ0n) is 8.21. The van der Waals surface area contributed by atoms with Crippen LogP contribution >= 0.6 is 0 Å². The molecule has 0 fully saturated rings. The number of nitrogens with zero attached hydrogens (tertiary/aromatic N) is 2. The molecule has 0 radical (unpaired) electrons. The maximum absolute atomic E-state index is 11.6. The summed E-state index contributed by atoms with van der Waals surface area (Å²) in [5, 5.41) is 3.90. The van der Waals surface area contributed by atoms with Gasteiger partial charge in [0.15, 0.2) is 0 Å². The summed E-state index contributed by atoms with van der Waals surface area (Å²) in [4.78, 5) is 0. The van der Waals surface area contributed by atoms with Gasteiger partial charge in [-0.3, -0.25) is 9.42 Å². The Morgan fingerprint density at radius 1 is 1.53 bits per heavy atom. The Morgan fingerprint density at radius 2 is 2.20 bits per heavy atom. The molecule has 0 aliphatic carbocycles. The van der Waals surface area contributed by atoms with E-state index in [0.717, 1.165) is 5.69 Å². The molecular formula is C8H12F3N3O. The summed E-state index contributed by atoms with van der Waals surface area (Å²) < 4.78 is 40.0. The van der Waals surface area contributed by atoms with Crippen molar-refractivity contribution in [3.63, 3.8) is 0 Å². The molecule has 0 saturated carbocycles. The van der Waals surface area contributed by atoms with Crippen LogP contribution in [-0.4, -0.2) is 22.7 Å². The smallest absolute Gasteiger partial charge is 0.396 e. The molecule has 0 unspecified atom stereocenters. The van der Waals surface area contributed by atoms with Crippen molar-refractivity contribution in [1.29, 1.82) is 0 Å². The molecule has 1 aromatic heterocycles. The van der Waals surface area contributed by atoms with Crippen molar-refractivity contribution >= 4 is 5.69 Å². The van der Waals surface area contributed by atoms with Crippen LogP contribution in [0.4, 0.5) is 18.9 Å². The molecule has 0 bridgehead atoms. The average Bonchev–Trinajstić information content (AvgIpc) is 2.42. The fourth-order valence-electron chi connectivity index (χ4n) is 1.09. The van der Waals surface area contributed by atoms with Gasteiger partial charge in [-0.15, -0.1) is 13.2 Å². The predicted octanol–water partition coefficient (Wildman–Crippen LogP) is 1.70. The summed E-state index contributed by atoms with van der Waals surface area (Å²) in [7, 11) is 0. The van der Waals surface area contributed by atoms with E-state index in [4.69, 9.17) is 5.73 Å². The molecule has 1 aromatic rings. The number of aryl methyl sites for hydroxylation is 1. The van der Waals surface area contributed by atoms with Crippen LogP contribution in [0.2, 0.25) is 0 Å². The van der Waals surface area contributed by atoms with Crippen molar-refractivity contribution in [3.8, 4) is 0 Å². The van der Waals surface area contributed by atoms with E-state index < -0.39 is 6.36 Å². The highest BCUT2D eigenvalue weighted by Crippen LogP contribution is 2.16. The first-order valence-electron chi connectivity index (χ1n) is 4.39. The molecule has 0 saturated heterocycles. The molecule has 0 aromatic carbocycles. The van der Waals surface area contributed by atoms with Gasteiger partial charge in [-0.05, 0) is 13.3 Å². The maximum Gasteiger partial charge on any atom is 0.522 e. The highest BCUT2D eigenvalue weighted by molar-refractivity contribution is 5.39. The van der Waals surface area contributed by atoms with Gasteiger partial charge in [-0.1, -0.05) is 0 Å². The Morgan fingerprint density at radius 3 is 2.67 bits per heavy atom. The SMILES string of the molecule is Cc1c(N)cnn1CCCOC(F)(F)F. The Labute approximate surface area is 84.8 Å². The maximum atomic E-state index is 11.6. The lowest BCUT2D eigenvalue weighted by molar-refractivity contribution is -0.324. The van der Waals surface area contributed by atoms with E-state index in [9.17, 15) is 13.2 Å². The fraction of sp³-hybridized carbons (Fsp3) is 0.625. The van der Waals surface area contributed by atoms with Crippen LogP contribution in [0.15, 0.2) is 6.20 Å². The molecule has 4 nitrogen and oxygen atoms in total. The van der Waals surface area contributed by atoms with Gasteiger partial charge in [0.1, 0.15) is 0 Å². The number of halogens is 3. The zero-order valence-corrected chi connectivity index (χ0v) is 8.21. The van der Waals surface area contributed by atoms with Gasteiger partial charge in [0.2, 0.25) is 0 Å². The highest BCUT2D eigenvalue weighted by Gasteiger charge is 2.28. The van der Waals surface area contributed by atoms with Crippen LogP contribution in [0, 0.1) is 6.92 Å². The fourth-order valence-corrected chi connectivity index (χ4v) is 1.09. The standard InChI is InChI=1S/C8H12F3N3O/c1-6-7(12)5-13-14(6)3-2-4-15-8(9,10)11/h5H,2-4,12H2,1H3. The molecule has 0 atom stereocenters. The third-order valence-corrected chi connectivity index (χ3v) is 1.92. The van der Waals surface area contributed by atoms with Crippen LogP contribution in [0.3, 0.4) is 0 Å². The van der Waals surface area contributed by atoms with Gasteiger partial charge in [0.05, 0.1) is 24.2 Å². The number of nitrogens with two attached hydrogens (primary N) is 1. The third kappa shape index (κ3) is 3.78. The van der Waals surface area contributed by atoms with Gasteiger partial charge in [-0.25, -0.2) is 0 Å². The predicted molar refractivity (Wildman–Crippen MR) is 48.0 cm³/mol. The molecule has 0 aliphatic rings. The number of anilines is 1. The van der Waals surface area contributed by atoms with E-state index in [2.05, 4.69) is 9.84 Å². The summed E-state index contributed by atoms with van der Waals surface area (Å²) in [6, 6.07) is 0. The van der Waals surface area contributed by atoms with Gasteiger partial charge in [-0.2, -0.15) is 5.10 Å². The number of aromatic nitrogens is 2. The Balaban J connectivity index is 2.30. The van der Waals surface area contributed by atoms with Gasteiger partial charge >= 0.3 is 6.36 Å². The van der Waals surface area contributed by atoms with Crippen molar-refractivity contribution in [3.05, 3.63) is 11.9 Å². The molecule has 0 spiro atoms. The summed E-state index contributed by atoms with van der Waals surface area (Å²) in [6.45, 7) is 1.74. The first-order valence-corrected chi connectivity index (χ1v) is 4.39. The molecule has 0 amide bonds. The van der Waals surface area contributed by atoms with Crippen molar-refractivity contribution in [2.75, 3.05) is 12.3 Å². The molecule has 2 N–H and O–H groups in total. The van der Waals surface area contributed by atoms with Crippen molar-refractivity contribution in [2.24, 2.45) is 0 Å². The molecular weight excluding hydrogens is 211 g/mol. The van der Waals surface area contributed by atoms with E-state index in [1.54, 1.807) is 11.6 Å². The first kappa shape index (κ1) is 11.8. The summed E-state index contributed by atoms with van der Waals surface area (Å²) in [5.41, 5.74) is 6.81. The van der Waals surface area contributed by atoms with Crippen LogP contribution in [0.25, 0.3) is 0 Å². The Bertz CT molecular complexity index is 321. The van der Waals surface area contributed by atoms with E-state index in [-0.39, 0.29) is 13.0 Å². The van der Waals surface area contributed by atoms with Crippen LogP contribution < -0.4 is 5.73 Å². The molecule has 1 rings (SSSR count). The number of rotatable bonds is 4. The lowest BCUT2D eigenvalue weighted by atomic mass is 10.4. The van der Waals surface area contributed by atoms with Crippen molar-refractivity contribution in [1.82, 2.24) is 9.78 Å². The van der Waals surface area contributed by atoms with Gasteiger partial charge in [0, 0.05) is 6.54 Å². The van der Waals surface area contributed by atoms with Crippen molar-refractivity contribution < 1.29 is 17.9 Å². The van der Waals surface area contributed by atoms with Crippen LogP contribution in [-0.2, 0) is 11.3 Å². The number of nitrogen functional groups attached to an aromatic ring is 1. The van der Waals surface area contributed by atoms with E-state index >= 15 is 0 Å². The molecule has 7 heteroatoms. The van der Waals surface area contributed by atoms with E-state index in [0.29, 0.717) is 12.2 Å². The zero-order chi connectivity index (χ0) is 11.5. The monoisotopic (exact) mass is 223 g/mol. The molecule has 15 heavy (non-hydrogen) atoms. The number of ether oxygens (including phenoxy) is 1. The second-order valence-corrected chi connectivity index (χ2v) is 3.06. The quantitative estimate of drug-likeness (QED) is 0.790. The second-order valence-electron chi connectivity index (χ2n) is 3.06. The minimum absolute atomic E-state index is 0.238. The summed E-state index contributed by atoms with van der Waals surface area (Å²) in [5.74, 6) is 0. The van der Waals surface area contributed by atoms with Crippen LogP contribution in [0.5, 0.6) is 0 Å². The number of hydrogen-bond donors (Lipinski definition) is 1. The third-order valence-electron chi connectivity index (χ3n) is 1.92. The summed E-state index contributed by atoms with van der Waals surface area (Å²) in [6.07, 6.45) is -2.85. The Hall–Kier alpha value is -1.24. The topological polar surface area (TPSA) is 53.1 Å². The highest BCUT2D eigenvalue weighted by atomic mass is 19.4. The van der Waals surface area contributed by atoms with Crippen molar-refractivity contribution in [2.45, 2.75) is 26.3 Å². The molecule has 0 aliphatic heterocycles. The largest absolute Gasteiger partial charge is 0.522 e. The van der Waals surface area contributed by atoms with E-state index in [1.165, 1.54) is 6.20 Å². The lowest BCUT2D eigenvalue weighted by Gasteiger charge is -2.07. The minimum atomic E-state index is -4.56. The molecule has 1 heterocycles. The van der Waals surface area contributed by atoms with Gasteiger partial charge in [0.25, 0.3) is 0 Å². The normalized spacial score (nSPS) is 12.0. The number of hydrogen-bond acceptors (Lipinski definition) is 3. The van der Waals surface area contributed by atoms with Gasteiger partial charge < -0.3 is 5.73 Å². The first-order chi connectivity index (χ1) is 6.90. The second kappa shape index (κ2) is 4.52. The minimum Gasteiger partial charge on any atom is -0.396 e. The average molecular weight is 223 g/mol. The Kier molecular flexibility index (Phi) is 3.57. The van der Waals surface area contributed by atoms with E-state index in [1.807, 2.05) is 0 Å². The number of alkyl halides is 3.